The van der Waals surface area contributed by atoms with Crippen LogP contribution in [0.2, 0.25) is 0 Å². The maximum absolute atomic E-state index is 15.8. The molecule has 1 heterocycles. The first-order chi connectivity index (χ1) is 18.7. The number of nitrogens with one attached hydrogen (secondary N) is 1. The number of halogens is 1. The molecule has 0 saturated carbocycles. The Morgan fingerprint density at radius 3 is 1.74 bits per heavy atom. The van der Waals surface area contributed by atoms with Gasteiger partial charge in [-0.1, -0.05) is 109 Å². The van der Waals surface area contributed by atoms with Crippen LogP contribution in [0.25, 0.3) is 0 Å². The van der Waals surface area contributed by atoms with E-state index >= 15 is 4.39 Å². The second kappa shape index (κ2) is 11.6. The second-order valence-corrected chi connectivity index (χ2v) is 8.91. The third kappa shape index (κ3) is 5.20. The Bertz CT molecular complexity index is 1360. The van der Waals surface area contributed by atoms with E-state index < -0.39 is 17.7 Å². The van der Waals surface area contributed by atoms with E-state index in [2.05, 4.69) is 10.3 Å². The van der Waals surface area contributed by atoms with Crippen LogP contribution >= 0.6 is 0 Å². The molecule has 0 fully saturated rings. The van der Waals surface area contributed by atoms with Crippen LogP contribution in [0, 0.1) is 6.08 Å². The van der Waals surface area contributed by atoms with Crippen LogP contribution in [0.1, 0.15) is 28.8 Å². The van der Waals surface area contributed by atoms with Gasteiger partial charge in [-0.2, -0.15) is 4.39 Å². The molecule has 4 aromatic carbocycles. The highest BCUT2D eigenvalue weighted by atomic mass is 19.1. The lowest BCUT2D eigenvalue weighted by Gasteiger charge is -2.37. The summed E-state index contributed by atoms with van der Waals surface area (Å²) in [6.07, 6.45) is 1.63. The number of amides is 1. The number of hydrogen-bond acceptors (Lipinski definition) is 3. The van der Waals surface area contributed by atoms with E-state index in [-0.39, 0.29) is 6.61 Å². The summed E-state index contributed by atoms with van der Waals surface area (Å²) in [7, 11) is 0. The van der Waals surface area contributed by atoms with Gasteiger partial charge in [0.2, 0.25) is 0 Å². The fourth-order valence-corrected chi connectivity index (χ4v) is 4.81. The van der Waals surface area contributed by atoms with Gasteiger partial charge in [0.15, 0.2) is 0 Å². The molecule has 1 aromatic heterocycles. The van der Waals surface area contributed by atoms with Crippen molar-refractivity contribution in [1.82, 2.24) is 9.55 Å². The Kier molecular flexibility index (Phi) is 7.59. The third-order valence-corrected chi connectivity index (χ3v) is 6.48. The summed E-state index contributed by atoms with van der Waals surface area (Å²) in [5.74, 6) is 0. The van der Waals surface area contributed by atoms with Gasteiger partial charge in [-0.15, -0.1) is 0 Å². The van der Waals surface area contributed by atoms with E-state index in [0.717, 1.165) is 16.7 Å². The van der Waals surface area contributed by atoms with Crippen molar-refractivity contribution in [3.63, 3.8) is 0 Å². The Hall–Kier alpha value is -4.71. The molecule has 0 spiro atoms. The summed E-state index contributed by atoms with van der Waals surface area (Å²) in [5.41, 5.74) is 3.04. The summed E-state index contributed by atoms with van der Waals surface area (Å²) in [6.45, 7) is 0.189. The summed E-state index contributed by atoms with van der Waals surface area (Å²) in [6, 6.07) is 38.8. The van der Waals surface area contributed by atoms with Crippen molar-refractivity contribution in [2.75, 3.05) is 11.9 Å². The molecule has 0 aliphatic rings. The number of imidazole rings is 1. The fraction of sp³-hybridized carbons (Fsp3) is 0.125. The van der Waals surface area contributed by atoms with Crippen molar-refractivity contribution in [2.45, 2.75) is 18.4 Å². The molecule has 0 bridgehead atoms. The van der Waals surface area contributed by atoms with E-state index in [1.165, 1.54) is 0 Å². The molecule has 190 valence electrons. The van der Waals surface area contributed by atoms with Crippen molar-refractivity contribution in [3.8, 4) is 0 Å². The van der Waals surface area contributed by atoms with Crippen molar-refractivity contribution < 1.29 is 13.9 Å². The minimum atomic E-state index is -0.967. The lowest BCUT2D eigenvalue weighted by atomic mass is 9.76. The van der Waals surface area contributed by atoms with Crippen LogP contribution in [-0.2, 0) is 16.7 Å². The van der Waals surface area contributed by atoms with E-state index in [1.807, 2.05) is 109 Å². The Labute approximate surface area is 221 Å². The number of hydrogen-bond donors (Lipinski definition) is 1. The van der Waals surface area contributed by atoms with Crippen molar-refractivity contribution in [2.24, 2.45) is 0 Å². The summed E-state index contributed by atoms with van der Waals surface area (Å²) >= 11 is 0. The number of benzene rings is 4. The van der Waals surface area contributed by atoms with Gasteiger partial charge in [-0.3, -0.25) is 9.88 Å². The monoisotopic (exact) mass is 505 g/mol. The zero-order valence-corrected chi connectivity index (χ0v) is 20.8. The highest BCUT2D eigenvalue weighted by Crippen LogP contribution is 2.41. The predicted octanol–water partition coefficient (Wildman–Crippen LogP) is 7.04. The number of rotatable bonds is 9. The number of carbonyl (C=O) groups excluding carboxylic acids is 1. The van der Waals surface area contributed by atoms with Crippen LogP contribution in [0.4, 0.5) is 14.9 Å². The number of ether oxygens (including phenoxy) is 1. The summed E-state index contributed by atoms with van der Waals surface area (Å²) in [4.78, 5) is 16.3. The Morgan fingerprint density at radius 1 is 0.763 bits per heavy atom. The molecule has 0 radical (unpaired) electrons. The van der Waals surface area contributed by atoms with Gasteiger partial charge in [0.25, 0.3) is 6.08 Å². The lowest BCUT2D eigenvalue weighted by Crippen LogP contribution is -2.38. The molecule has 5 nitrogen and oxygen atoms in total. The number of nitrogens with zero attached hydrogens (tertiary/aromatic N) is 2. The highest BCUT2D eigenvalue weighted by molar-refractivity contribution is 5.84. The quantitative estimate of drug-likeness (QED) is 0.173. The number of aromatic nitrogens is 2. The smallest absolute Gasteiger partial charge is 0.411 e. The minimum absolute atomic E-state index is 0.189. The Balaban J connectivity index is 1.42. The van der Waals surface area contributed by atoms with Gasteiger partial charge >= 0.3 is 6.09 Å². The molecule has 0 aliphatic heterocycles. The fourth-order valence-electron chi connectivity index (χ4n) is 4.81. The normalized spacial score (nSPS) is 11.2. The van der Waals surface area contributed by atoms with Crippen LogP contribution in [-0.4, -0.2) is 22.3 Å². The molecule has 0 saturated heterocycles. The van der Waals surface area contributed by atoms with Crippen molar-refractivity contribution in [3.05, 3.63) is 156 Å². The number of aryl methyl sites for hydroxylation is 1. The van der Waals surface area contributed by atoms with Gasteiger partial charge in [0.05, 0.1) is 12.3 Å². The molecule has 0 aliphatic carbocycles. The molecule has 38 heavy (non-hydrogen) atoms. The molecular formula is C32H28FN3O2. The number of carbonyl (C=O) groups is 1. The van der Waals surface area contributed by atoms with Crippen LogP contribution in [0.5, 0.6) is 0 Å². The molecule has 1 amide bonds. The number of para-hydroxylation sites is 1. The maximum atomic E-state index is 15.8. The summed E-state index contributed by atoms with van der Waals surface area (Å²) in [5, 5.41) is 2.69. The average Bonchev–Trinajstić information content (AvgIpc) is 3.34. The lowest BCUT2D eigenvalue weighted by molar-refractivity contribution is 0.160. The molecule has 6 heteroatoms. The van der Waals surface area contributed by atoms with E-state index in [9.17, 15) is 4.79 Å². The molecule has 5 rings (SSSR count). The summed E-state index contributed by atoms with van der Waals surface area (Å²) < 4.78 is 22.7. The van der Waals surface area contributed by atoms with Gasteiger partial charge in [0.1, 0.15) is 5.54 Å². The zero-order valence-electron chi connectivity index (χ0n) is 20.8. The molecule has 1 N–H and O–H groups in total. The maximum Gasteiger partial charge on any atom is 0.411 e. The SMILES string of the molecule is O=C(Nc1ccccc1)OCCCc1cn(C(c2ccccc2)(c2ccccc2)c2ccccc2)c(F)n1. The molecule has 0 atom stereocenters. The van der Waals surface area contributed by atoms with Gasteiger partial charge < -0.3 is 4.74 Å². The first-order valence-corrected chi connectivity index (χ1v) is 12.6. The molecule has 5 aromatic rings. The van der Waals surface area contributed by atoms with E-state index in [4.69, 9.17) is 4.74 Å². The van der Waals surface area contributed by atoms with Crippen molar-refractivity contribution in [1.29, 1.82) is 0 Å². The first kappa shape index (κ1) is 25.0. The van der Waals surface area contributed by atoms with Gasteiger partial charge in [-0.05, 0) is 41.7 Å². The minimum Gasteiger partial charge on any atom is -0.449 e. The third-order valence-electron chi connectivity index (χ3n) is 6.48. The highest BCUT2D eigenvalue weighted by Gasteiger charge is 2.40. The van der Waals surface area contributed by atoms with Crippen molar-refractivity contribution >= 4 is 11.8 Å². The van der Waals surface area contributed by atoms with Gasteiger partial charge in [0, 0.05) is 11.9 Å². The van der Waals surface area contributed by atoms with E-state index in [0.29, 0.717) is 24.2 Å². The standard InChI is InChI=1S/C32H28FN3O2/c33-30-34-29(22-13-23-38-31(37)35-28-20-11-4-12-21-28)24-36(30)32(25-14-5-1-6-15-25,26-16-7-2-8-17-26)27-18-9-3-10-19-27/h1-12,14-21,24H,13,22-23H2,(H,35,37). The average molecular weight is 506 g/mol. The van der Waals surface area contributed by atoms with Crippen LogP contribution < -0.4 is 5.32 Å². The predicted molar refractivity (Wildman–Crippen MR) is 147 cm³/mol. The Morgan fingerprint density at radius 2 is 1.24 bits per heavy atom. The van der Waals surface area contributed by atoms with Crippen LogP contribution in [0.3, 0.4) is 0 Å². The van der Waals surface area contributed by atoms with E-state index in [1.54, 1.807) is 22.9 Å². The van der Waals surface area contributed by atoms with Gasteiger partial charge in [-0.25, -0.2) is 9.78 Å². The zero-order chi connectivity index (χ0) is 26.2. The van der Waals surface area contributed by atoms with Crippen LogP contribution in [0.15, 0.2) is 128 Å². The largest absolute Gasteiger partial charge is 0.449 e. The topological polar surface area (TPSA) is 56.1 Å². The number of anilines is 1. The second-order valence-electron chi connectivity index (χ2n) is 8.91. The molecule has 0 unspecified atom stereocenters. The molecular weight excluding hydrogens is 477 g/mol. The first-order valence-electron chi connectivity index (χ1n) is 12.6.